The standard InChI is InChI=1S/C24H27F3N6O2/c1-30(2)21(34)19-13-33(17-5-4-16(11-28)18(10-17)24(25,26)27)14-23(19)6-8-32(9-7-23)22(35)20-12-29-15-31(20)3/h4-5,10,12,15,19H,6-9,13-14H2,1-3H3. The maximum atomic E-state index is 13.6. The fourth-order valence-corrected chi connectivity index (χ4v) is 5.27. The lowest BCUT2D eigenvalue weighted by Crippen LogP contribution is -2.49. The van der Waals surface area contributed by atoms with Crippen molar-refractivity contribution in [2.24, 2.45) is 18.4 Å². The molecule has 1 spiro atoms. The van der Waals surface area contributed by atoms with Crippen LogP contribution >= 0.6 is 0 Å². The maximum absolute atomic E-state index is 13.6. The molecule has 4 rings (SSSR count). The van der Waals surface area contributed by atoms with E-state index in [9.17, 15) is 22.8 Å². The second kappa shape index (κ2) is 8.91. The zero-order valence-electron chi connectivity index (χ0n) is 19.8. The monoisotopic (exact) mass is 488 g/mol. The molecule has 1 unspecified atom stereocenters. The molecule has 0 bridgehead atoms. The third-order valence-electron chi connectivity index (χ3n) is 7.26. The normalized spacial score (nSPS) is 19.6. The van der Waals surface area contributed by atoms with Crippen LogP contribution in [-0.2, 0) is 18.0 Å². The van der Waals surface area contributed by atoms with Crippen LogP contribution in [0.5, 0.6) is 0 Å². The molecule has 11 heteroatoms. The molecule has 1 atom stereocenters. The van der Waals surface area contributed by atoms with E-state index in [-0.39, 0.29) is 18.4 Å². The third-order valence-corrected chi connectivity index (χ3v) is 7.26. The Morgan fingerprint density at radius 3 is 2.46 bits per heavy atom. The van der Waals surface area contributed by atoms with Crippen LogP contribution in [0, 0.1) is 22.7 Å². The van der Waals surface area contributed by atoms with Gasteiger partial charge < -0.3 is 19.3 Å². The van der Waals surface area contributed by atoms with Crippen molar-refractivity contribution in [3.05, 3.63) is 47.5 Å². The number of hydrogen-bond acceptors (Lipinski definition) is 5. The van der Waals surface area contributed by atoms with E-state index in [1.165, 1.54) is 23.2 Å². The molecule has 186 valence electrons. The molecule has 2 amide bonds. The molecule has 2 saturated heterocycles. The number of piperidine rings is 1. The van der Waals surface area contributed by atoms with Crippen LogP contribution in [0.2, 0.25) is 0 Å². The van der Waals surface area contributed by atoms with Crippen LogP contribution in [-0.4, -0.2) is 71.4 Å². The zero-order valence-corrected chi connectivity index (χ0v) is 19.8. The van der Waals surface area contributed by atoms with Gasteiger partial charge in [0.25, 0.3) is 5.91 Å². The Kier molecular flexibility index (Phi) is 6.25. The van der Waals surface area contributed by atoms with Crippen molar-refractivity contribution in [1.82, 2.24) is 19.4 Å². The van der Waals surface area contributed by atoms with Gasteiger partial charge in [0.05, 0.1) is 35.6 Å². The highest BCUT2D eigenvalue weighted by molar-refractivity contribution is 5.92. The average Bonchev–Trinajstić information content (AvgIpc) is 3.41. The number of hydrogen-bond donors (Lipinski definition) is 0. The van der Waals surface area contributed by atoms with Gasteiger partial charge in [-0.25, -0.2) is 4.98 Å². The van der Waals surface area contributed by atoms with Crippen molar-refractivity contribution in [3.8, 4) is 6.07 Å². The Morgan fingerprint density at radius 2 is 1.91 bits per heavy atom. The number of anilines is 1. The largest absolute Gasteiger partial charge is 0.417 e. The molecule has 1 aromatic heterocycles. The first-order valence-electron chi connectivity index (χ1n) is 11.3. The summed E-state index contributed by atoms with van der Waals surface area (Å²) < 4.78 is 42.3. The summed E-state index contributed by atoms with van der Waals surface area (Å²) in [4.78, 5) is 35.2. The molecule has 0 N–H and O–H groups in total. The molecule has 0 saturated carbocycles. The first kappa shape index (κ1) is 24.6. The van der Waals surface area contributed by atoms with E-state index in [1.807, 2.05) is 0 Å². The number of carbonyl (C=O) groups is 2. The van der Waals surface area contributed by atoms with E-state index >= 15 is 0 Å². The summed E-state index contributed by atoms with van der Waals surface area (Å²) in [7, 11) is 5.09. The van der Waals surface area contributed by atoms with E-state index in [2.05, 4.69) is 4.98 Å². The zero-order chi connectivity index (χ0) is 25.5. The maximum Gasteiger partial charge on any atom is 0.417 e. The molecule has 0 radical (unpaired) electrons. The predicted octanol–water partition coefficient (Wildman–Crippen LogP) is 2.76. The minimum absolute atomic E-state index is 0.0800. The van der Waals surface area contributed by atoms with Crippen molar-refractivity contribution in [2.45, 2.75) is 19.0 Å². The SMILES string of the molecule is CN(C)C(=O)C1CN(c2ccc(C#N)c(C(F)(F)F)c2)CC12CCN(C(=O)c1cncn1C)CC2. The molecule has 8 nitrogen and oxygen atoms in total. The summed E-state index contributed by atoms with van der Waals surface area (Å²) in [5.41, 5.74) is -1.08. The highest BCUT2D eigenvalue weighted by atomic mass is 19.4. The lowest BCUT2D eigenvalue weighted by Gasteiger charge is -2.42. The van der Waals surface area contributed by atoms with Crippen molar-refractivity contribution in [3.63, 3.8) is 0 Å². The number of carbonyl (C=O) groups excluding carboxylic acids is 2. The van der Waals surface area contributed by atoms with Crippen LogP contribution < -0.4 is 4.90 Å². The van der Waals surface area contributed by atoms with Crippen LogP contribution in [0.3, 0.4) is 0 Å². The van der Waals surface area contributed by atoms with Gasteiger partial charge in [-0.15, -0.1) is 0 Å². The van der Waals surface area contributed by atoms with Gasteiger partial charge in [0.1, 0.15) is 5.69 Å². The number of imidazole rings is 1. The summed E-state index contributed by atoms with van der Waals surface area (Å²) in [6, 6.07) is 5.29. The number of nitriles is 1. The first-order chi connectivity index (χ1) is 16.5. The lowest BCUT2D eigenvalue weighted by atomic mass is 9.70. The van der Waals surface area contributed by atoms with Crippen LogP contribution in [0.1, 0.15) is 34.5 Å². The summed E-state index contributed by atoms with van der Waals surface area (Å²) in [5.74, 6) is -0.632. The number of alkyl halides is 3. The topological polar surface area (TPSA) is 85.5 Å². The molecule has 2 aliphatic rings. The second-order valence-electron chi connectivity index (χ2n) is 9.55. The molecular weight excluding hydrogens is 461 g/mol. The van der Waals surface area contributed by atoms with Crippen LogP contribution in [0.15, 0.2) is 30.7 Å². The highest BCUT2D eigenvalue weighted by Gasteiger charge is 2.52. The number of aromatic nitrogens is 2. The minimum atomic E-state index is -4.66. The highest BCUT2D eigenvalue weighted by Crippen LogP contribution is 2.47. The van der Waals surface area contributed by atoms with Gasteiger partial charge in [0.15, 0.2) is 0 Å². The summed E-state index contributed by atoms with van der Waals surface area (Å²) >= 11 is 0. The van der Waals surface area contributed by atoms with E-state index in [0.29, 0.717) is 43.9 Å². The number of amides is 2. The molecule has 2 aromatic rings. The number of rotatable bonds is 3. The Hall–Kier alpha value is -3.55. The molecule has 1 aromatic carbocycles. The fraction of sp³-hybridized carbons (Fsp3) is 0.500. The molecule has 0 aliphatic carbocycles. The van der Waals surface area contributed by atoms with Crippen molar-refractivity contribution < 1.29 is 22.8 Å². The van der Waals surface area contributed by atoms with Gasteiger partial charge in [0, 0.05) is 58.4 Å². The van der Waals surface area contributed by atoms with Crippen molar-refractivity contribution >= 4 is 17.5 Å². The average molecular weight is 489 g/mol. The quantitative estimate of drug-likeness (QED) is 0.663. The molecule has 2 aliphatic heterocycles. The van der Waals surface area contributed by atoms with Gasteiger partial charge in [0.2, 0.25) is 5.91 Å². The predicted molar refractivity (Wildman–Crippen MR) is 121 cm³/mol. The summed E-state index contributed by atoms with van der Waals surface area (Å²) in [6.45, 7) is 1.55. The Morgan fingerprint density at radius 1 is 1.23 bits per heavy atom. The van der Waals surface area contributed by atoms with E-state index in [0.717, 1.165) is 6.07 Å². The Bertz CT molecular complexity index is 1170. The van der Waals surface area contributed by atoms with Crippen LogP contribution in [0.25, 0.3) is 0 Å². The number of benzene rings is 1. The number of likely N-dealkylation sites (tertiary alicyclic amines) is 1. The van der Waals surface area contributed by atoms with E-state index in [4.69, 9.17) is 5.26 Å². The number of aryl methyl sites for hydroxylation is 1. The number of halogens is 3. The molecule has 3 heterocycles. The van der Waals surface area contributed by atoms with Crippen molar-refractivity contribution in [1.29, 1.82) is 5.26 Å². The molecule has 35 heavy (non-hydrogen) atoms. The fourth-order valence-electron chi connectivity index (χ4n) is 5.27. The van der Waals surface area contributed by atoms with Crippen molar-refractivity contribution in [2.75, 3.05) is 45.2 Å². The minimum Gasteiger partial charge on any atom is -0.370 e. The van der Waals surface area contributed by atoms with Gasteiger partial charge in [-0.05, 0) is 31.0 Å². The van der Waals surface area contributed by atoms with Gasteiger partial charge in [-0.2, -0.15) is 18.4 Å². The lowest BCUT2D eigenvalue weighted by molar-refractivity contribution is -0.138. The molecular formula is C24H27F3N6O2. The summed E-state index contributed by atoms with van der Waals surface area (Å²) in [6.07, 6.45) is -0.466. The smallest absolute Gasteiger partial charge is 0.370 e. The van der Waals surface area contributed by atoms with E-state index in [1.54, 1.807) is 47.9 Å². The van der Waals surface area contributed by atoms with Gasteiger partial charge in [-0.3, -0.25) is 9.59 Å². The summed E-state index contributed by atoms with van der Waals surface area (Å²) in [5, 5.41) is 9.12. The van der Waals surface area contributed by atoms with Gasteiger partial charge >= 0.3 is 6.18 Å². The van der Waals surface area contributed by atoms with Crippen LogP contribution in [0.4, 0.5) is 18.9 Å². The first-order valence-corrected chi connectivity index (χ1v) is 11.3. The Labute approximate surface area is 201 Å². The molecule has 2 fully saturated rings. The second-order valence-corrected chi connectivity index (χ2v) is 9.55. The third kappa shape index (κ3) is 4.45. The van der Waals surface area contributed by atoms with Gasteiger partial charge in [-0.1, -0.05) is 0 Å². The number of nitrogens with zero attached hydrogens (tertiary/aromatic N) is 6. The Balaban J connectivity index is 1.60. The van der Waals surface area contributed by atoms with E-state index < -0.39 is 28.6 Å².